The average Bonchev–Trinajstić information content (AvgIpc) is 2.35. The summed E-state index contributed by atoms with van der Waals surface area (Å²) in [7, 11) is 0. The van der Waals surface area contributed by atoms with Gasteiger partial charge in [-0.2, -0.15) is 0 Å². The summed E-state index contributed by atoms with van der Waals surface area (Å²) >= 11 is 0. The fourth-order valence-corrected chi connectivity index (χ4v) is 0.882. The van der Waals surface area contributed by atoms with E-state index in [2.05, 4.69) is 0 Å². The van der Waals surface area contributed by atoms with Crippen molar-refractivity contribution in [3.63, 3.8) is 0 Å². The van der Waals surface area contributed by atoms with Crippen molar-refractivity contribution in [1.82, 2.24) is 0 Å². The van der Waals surface area contributed by atoms with Crippen LogP contribution in [0.5, 0.6) is 5.75 Å². The Morgan fingerprint density at radius 1 is 1.36 bits per heavy atom. The topological polar surface area (TPSA) is 37.3 Å². The molecule has 1 rings (SSSR count). The van der Waals surface area contributed by atoms with Crippen molar-refractivity contribution in [3.8, 4) is 5.75 Å². The van der Waals surface area contributed by atoms with Crippen molar-refractivity contribution in [2.45, 2.75) is 27.2 Å². The average molecular weight is 198 g/mol. The van der Waals surface area contributed by atoms with Crippen LogP contribution in [-0.4, -0.2) is 5.11 Å². The van der Waals surface area contributed by atoms with E-state index >= 15 is 0 Å². The molecule has 1 aromatic rings. The molecule has 0 radical (unpaired) electrons. The Kier molecular flexibility index (Phi) is 5.53. The lowest BCUT2D eigenvalue weighted by Crippen LogP contribution is -1.96. The highest BCUT2D eigenvalue weighted by molar-refractivity contribution is 5.25. The Hall–Kier alpha value is -1.38. The Morgan fingerprint density at radius 3 is 2.43 bits per heavy atom. The van der Waals surface area contributed by atoms with Gasteiger partial charge in [-0.3, -0.25) is 4.79 Å². The maximum Gasteiger partial charge on any atom is 0.223 e. The predicted octanol–water partition coefficient (Wildman–Crippen LogP) is 2.48. The SMILES string of the molecule is CC.CCc1ccc(F)c(O)c(=O)c1. The number of aromatic hydroxyl groups is 1. The first-order valence-electron chi connectivity index (χ1n) is 4.67. The molecular weight excluding hydrogens is 183 g/mol. The van der Waals surface area contributed by atoms with E-state index in [0.717, 1.165) is 6.07 Å². The summed E-state index contributed by atoms with van der Waals surface area (Å²) in [5, 5.41) is 8.90. The van der Waals surface area contributed by atoms with Gasteiger partial charge in [0.05, 0.1) is 0 Å². The summed E-state index contributed by atoms with van der Waals surface area (Å²) in [5.41, 5.74) is 0.0357. The zero-order chi connectivity index (χ0) is 11.1. The molecule has 0 unspecified atom stereocenters. The lowest BCUT2D eigenvalue weighted by molar-refractivity contribution is 0.429. The largest absolute Gasteiger partial charge is 0.502 e. The van der Waals surface area contributed by atoms with Crippen LogP contribution >= 0.6 is 0 Å². The number of hydrogen-bond donors (Lipinski definition) is 1. The number of hydrogen-bond acceptors (Lipinski definition) is 2. The van der Waals surface area contributed by atoms with Gasteiger partial charge in [0.1, 0.15) is 0 Å². The molecule has 0 fully saturated rings. The maximum atomic E-state index is 12.7. The highest BCUT2D eigenvalue weighted by Gasteiger charge is 2.02. The van der Waals surface area contributed by atoms with Crippen LogP contribution < -0.4 is 5.43 Å². The second kappa shape index (κ2) is 6.13. The van der Waals surface area contributed by atoms with Crippen molar-refractivity contribution in [2.75, 3.05) is 0 Å². The summed E-state index contributed by atoms with van der Waals surface area (Å²) in [6, 6.07) is 3.81. The van der Waals surface area contributed by atoms with Gasteiger partial charge < -0.3 is 5.11 Å². The second-order valence-electron chi connectivity index (χ2n) is 2.47. The first-order valence-corrected chi connectivity index (χ1v) is 4.67. The van der Waals surface area contributed by atoms with Crippen LogP contribution in [0.1, 0.15) is 26.3 Å². The Balaban J connectivity index is 0.000000791. The highest BCUT2D eigenvalue weighted by Crippen LogP contribution is 2.08. The molecule has 0 aliphatic heterocycles. The molecule has 0 heterocycles. The molecule has 0 aliphatic carbocycles. The molecule has 0 amide bonds. The van der Waals surface area contributed by atoms with Gasteiger partial charge in [-0.05, 0) is 24.1 Å². The highest BCUT2D eigenvalue weighted by atomic mass is 19.1. The quantitative estimate of drug-likeness (QED) is 0.752. The van der Waals surface area contributed by atoms with E-state index in [1.54, 1.807) is 0 Å². The van der Waals surface area contributed by atoms with Gasteiger partial charge in [-0.1, -0.05) is 26.8 Å². The van der Waals surface area contributed by atoms with E-state index in [1.165, 1.54) is 12.1 Å². The van der Waals surface area contributed by atoms with Gasteiger partial charge >= 0.3 is 0 Å². The van der Waals surface area contributed by atoms with Gasteiger partial charge in [-0.15, -0.1) is 0 Å². The summed E-state index contributed by atoms with van der Waals surface area (Å²) < 4.78 is 12.7. The third-order valence-corrected chi connectivity index (χ3v) is 1.63. The number of halogens is 1. The summed E-state index contributed by atoms with van der Waals surface area (Å²) in [5.74, 6) is -1.69. The number of aryl methyl sites for hydroxylation is 1. The van der Waals surface area contributed by atoms with Crippen LogP contribution in [0.25, 0.3) is 0 Å². The van der Waals surface area contributed by atoms with Crippen molar-refractivity contribution in [1.29, 1.82) is 0 Å². The molecular formula is C11H15FO2. The van der Waals surface area contributed by atoms with Crippen molar-refractivity contribution >= 4 is 0 Å². The predicted molar refractivity (Wildman–Crippen MR) is 55.1 cm³/mol. The molecule has 0 aromatic heterocycles. The van der Waals surface area contributed by atoms with Gasteiger partial charge in [-0.25, -0.2) is 4.39 Å². The summed E-state index contributed by atoms with van der Waals surface area (Å²) in [4.78, 5) is 10.9. The van der Waals surface area contributed by atoms with Crippen molar-refractivity contribution in [3.05, 3.63) is 39.8 Å². The van der Waals surface area contributed by atoms with Gasteiger partial charge in [0, 0.05) is 0 Å². The van der Waals surface area contributed by atoms with E-state index in [-0.39, 0.29) is 0 Å². The fourth-order valence-electron chi connectivity index (χ4n) is 0.882. The zero-order valence-corrected chi connectivity index (χ0v) is 8.67. The van der Waals surface area contributed by atoms with E-state index in [4.69, 9.17) is 5.11 Å². The van der Waals surface area contributed by atoms with E-state index in [0.29, 0.717) is 12.0 Å². The molecule has 1 aromatic carbocycles. The smallest absolute Gasteiger partial charge is 0.223 e. The molecule has 14 heavy (non-hydrogen) atoms. The van der Waals surface area contributed by atoms with E-state index < -0.39 is 17.0 Å². The molecule has 0 saturated heterocycles. The minimum atomic E-state index is -0.875. The van der Waals surface area contributed by atoms with Crippen molar-refractivity contribution < 1.29 is 9.50 Å². The van der Waals surface area contributed by atoms with Crippen LogP contribution in [0.15, 0.2) is 23.0 Å². The Bertz CT molecular complexity index is 348. The molecule has 1 N–H and O–H groups in total. The molecule has 0 spiro atoms. The van der Waals surface area contributed by atoms with Gasteiger partial charge in [0.2, 0.25) is 5.43 Å². The van der Waals surface area contributed by atoms with Gasteiger partial charge in [0.25, 0.3) is 0 Å². The normalized spacial score (nSPS) is 8.86. The first-order chi connectivity index (χ1) is 6.65. The van der Waals surface area contributed by atoms with E-state index in [1.807, 2.05) is 20.8 Å². The third-order valence-electron chi connectivity index (χ3n) is 1.63. The standard InChI is InChI=1S/C9H9FO2.C2H6/c1-2-6-3-4-7(10)9(12)8(11)5-6;1-2/h3-5H,2H2,1H3,(H,11,12);1-2H3. The molecule has 0 bridgehead atoms. The fraction of sp³-hybridized carbons (Fsp3) is 0.364. The van der Waals surface area contributed by atoms with Gasteiger partial charge in [0.15, 0.2) is 11.6 Å². The number of rotatable bonds is 1. The Morgan fingerprint density at radius 2 is 1.93 bits per heavy atom. The lowest BCUT2D eigenvalue weighted by Gasteiger charge is -1.84. The minimum absolute atomic E-state index is 0.642. The third kappa shape index (κ3) is 3.17. The maximum absolute atomic E-state index is 12.7. The minimum Gasteiger partial charge on any atom is -0.502 e. The molecule has 0 aliphatic rings. The molecule has 2 nitrogen and oxygen atoms in total. The van der Waals surface area contributed by atoms with Crippen LogP contribution in [0, 0.1) is 5.82 Å². The summed E-state index contributed by atoms with van der Waals surface area (Å²) in [6.45, 7) is 5.85. The van der Waals surface area contributed by atoms with Crippen LogP contribution in [0.2, 0.25) is 0 Å². The summed E-state index contributed by atoms with van der Waals surface area (Å²) in [6.07, 6.45) is 0.642. The lowest BCUT2D eigenvalue weighted by atomic mass is 10.2. The van der Waals surface area contributed by atoms with Crippen LogP contribution in [0.4, 0.5) is 4.39 Å². The molecule has 78 valence electrons. The van der Waals surface area contributed by atoms with Crippen LogP contribution in [0.3, 0.4) is 0 Å². The monoisotopic (exact) mass is 198 g/mol. The van der Waals surface area contributed by atoms with Crippen molar-refractivity contribution in [2.24, 2.45) is 0 Å². The first kappa shape index (κ1) is 12.6. The molecule has 0 saturated carbocycles. The molecule has 0 atom stereocenters. The van der Waals surface area contributed by atoms with E-state index in [9.17, 15) is 9.18 Å². The second-order valence-corrected chi connectivity index (χ2v) is 2.47. The molecule has 3 heteroatoms. The van der Waals surface area contributed by atoms with Crippen LogP contribution in [-0.2, 0) is 6.42 Å². The Labute approximate surface area is 83.0 Å². The zero-order valence-electron chi connectivity index (χ0n) is 8.67.